The molecule has 0 radical (unpaired) electrons. The molecule has 0 amide bonds. The Morgan fingerprint density at radius 2 is 1.67 bits per heavy atom. The molecule has 1 fully saturated rings. The molecule has 1 saturated heterocycles. The summed E-state index contributed by atoms with van der Waals surface area (Å²) >= 11 is 6.30. The normalized spacial score (nSPS) is 17.3. The summed E-state index contributed by atoms with van der Waals surface area (Å²) in [7, 11) is 0. The summed E-state index contributed by atoms with van der Waals surface area (Å²) in [6.07, 6.45) is 4.91. The van der Waals surface area contributed by atoms with Crippen LogP contribution in [0.25, 0.3) is 5.57 Å². The number of likely N-dealkylation sites (tertiary alicyclic amines) is 1. The molecule has 4 rings (SSSR count). The lowest BCUT2D eigenvalue weighted by molar-refractivity contribution is -0.117. The zero-order chi connectivity index (χ0) is 18.8. The summed E-state index contributed by atoms with van der Waals surface area (Å²) in [5.74, 6) is 0.280. The second kappa shape index (κ2) is 8.00. The van der Waals surface area contributed by atoms with Crippen molar-refractivity contribution in [2.75, 3.05) is 19.6 Å². The summed E-state index contributed by atoms with van der Waals surface area (Å²) < 4.78 is 0. The first-order valence-electron chi connectivity index (χ1n) is 9.92. The molecular weight excluding hydrogens is 354 g/mol. The maximum atomic E-state index is 11.3. The lowest BCUT2D eigenvalue weighted by atomic mass is 9.86. The number of fused-ring (bicyclic) bond motifs is 2. The van der Waals surface area contributed by atoms with Crippen LogP contribution in [0.5, 0.6) is 0 Å². The number of benzene rings is 2. The minimum atomic E-state index is 0.280. The molecule has 0 bridgehead atoms. The number of Topliss-reactive ketones (excluding diaryl/α,β-unsaturated/α-hetero) is 1. The summed E-state index contributed by atoms with van der Waals surface area (Å²) in [5.41, 5.74) is 8.53. The fraction of sp³-hybridized carbons (Fsp3) is 0.375. The van der Waals surface area contributed by atoms with Crippen molar-refractivity contribution < 1.29 is 4.79 Å². The Labute approximate surface area is 166 Å². The SMILES string of the molecule is CC(=O)CCN1CCC(=C2c3ccccc3CCc3cc(Cl)ccc32)CC1. The van der Waals surface area contributed by atoms with Gasteiger partial charge in [0.1, 0.15) is 5.78 Å². The molecule has 1 heterocycles. The number of nitrogens with zero attached hydrogens (tertiary/aromatic N) is 1. The highest BCUT2D eigenvalue weighted by atomic mass is 35.5. The van der Waals surface area contributed by atoms with Crippen molar-refractivity contribution in [1.29, 1.82) is 0 Å². The van der Waals surface area contributed by atoms with E-state index >= 15 is 0 Å². The monoisotopic (exact) mass is 379 g/mol. The van der Waals surface area contributed by atoms with Crippen LogP contribution in [0.15, 0.2) is 48.0 Å². The number of carbonyl (C=O) groups is 1. The van der Waals surface area contributed by atoms with E-state index in [1.807, 2.05) is 6.07 Å². The largest absolute Gasteiger partial charge is 0.302 e. The van der Waals surface area contributed by atoms with Crippen LogP contribution in [0.3, 0.4) is 0 Å². The molecule has 140 valence electrons. The molecule has 2 nitrogen and oxygen atoms in total. The molecule has 2 aromatic carbocycles. The number of piperidine rings is 1. The minimum absolute atomic E-state index is 0.280. The topological polar surface area (TPSA) is 20.3 Å². The van der Waals surface area contributed by atoms with E-state index in [1.165, 1.54) is 27.8 Å². The van der Waals surface area contributed by atoms with Gasteiger partial charge in [0, 0.05) is 31.1 Å². The van der Waals surface area contributed by atoms with Gasteiger partial charge in [-0.25, -0.2) is 0 Å². The number of rotatable bonds is 3. The van der Waals surface area contributed by atoms with Gasteiger partial charge in [0.2, 0.25) is 0 Å². The molecule has 1 aliphatic carbocycles. The Kier molecular flexibility index (Phi) is 5.47. The van der Waals surface area contributed by atoms with Crippen LogP contribution in [0.4, 0.5) is 0 Å². The quantitative estimate of drug-likeness (QED) is 0.719. The number of hydrogen-bond acceptors (Lipinski definition) is 2. The summed E-state index contributed by atoms with van der Waals surface area (Å²) in [6.45, 7) is 4.65. The molecule has 0 unspecified atom stereocenters. The fourth-order valence-corrected chi connectivity index (χ4v) is 4.60. The van der Waals surface area contributed by atoms with Gasteiger partial charge < -0.3 is 4.90 Å². The van der Waals surface area contributed by atoms with E-state index in [1.54, 1.807) is 12.5 Å². The first-order valence-corrected chi connectivity index (χ1v) is 10.3. The molecule has 0 atom stereocenters. The van der Waals surface area contributed by atoms with E-state index in [9.17, 15) is 4.79 Å². The zero-order valence-corrected chi connectivity index (χ0v) is 16.7. The minimum Gasteiger partial charge on any atom is -0.302 e. The molecule has 0 aromatic heterocycles. The Hall–Kier alpha value is -1.90. The second-order valence-corrected chi connectivity index (χ2v) is 8.17. The highest BCUT2D eigenvalue weighted by Crippen LogP contribution is 2.39. The standard InChI is InChI=1S/C24H26ClNO/c1-17(27)10-13-26-14-11-19(12-15-26)24-22-5-3-2-4-18(22)6-7-20-16-21(25)8-9-23(20)24/h2-5,8-9,16H,6-7,10-15H2,1H3. The van der Waals surface area contributed by atoms with E-state index < -0.39 is 0 Å². The summed E-state index contributed by atoms with van der Waals surface area (Å²) in [4.78, 5) is 13.7. The maximum Gasteiger partial charge on any atom is 0.131 e. The predicted octanol–water partition coefficient (Wildman–Crippen LogP) is 5.32. The number of ketones is 1. The van der Waals surface area contributed by atoms with Gasteiger partial charge in [-0.3, -0.25) is 4.79 Å². The van der Waals surface area contributed by atoms with Crippen LogP contribution in [0.1, 0.15) is 48.4 Å². The van der Waals surface area contributed by atoms with Crippen molar-refractivity contribution in [3.63, 3.8) is 0 Å². The fourth-order valence-electron chi connectivity index (χ4n) is 4.40. The van der Waals surface area contributed by atoms with Crippen LogP contribution in [-0.2, 0) is 17.6 Å². The van der Waals surface area contributed by atoms with E-state index in [0.717, 1.165) is 50.3 Å². The Morgan fingerprint density at radius 3 is 2.44 bits per heavy atom. The Balaban J connectivity index is 1.71. The lowest BCUT2D eigenvalue weighted by Gasteiger charge is -2.30. The van der Waals surface area contributed by atoms with Crippen molar-refractivity contribution in [3.8, 4) is 0 Å². The molecule has 0 N–H and O–H groups in total. The van der Waals surface area contributed by atoms with E-state index in [4.69, 9.17) is 11.6 Å². The molecule has 0 saturated carbocycles. The van der Waals surface area contributed by atoms with Gasteiger partial charge in [-0.1, -0.05) is 47.5 Å². The number of aryl methyl sites for hydroxylation is 2. The average Bonchev–Trinajstić information content (AvgIpc) is 2.83. The molecule has 3 heteroatoms. The van der Waals surface area contributed by atoms with Gasteiger partial charge in [0.05, 0.1) is 0 Å². The molecular formula is C24H26ClNO. The van der Waals surface area contributed by atoms with E-state index in [0.29, 0.717) is 6.42 Å². The highest BCUT2D eigenvalue weighted by Gasteiger charge is 2.24. The number of halogens is 1. The zero-order valence-electron chi connectivity index (χ0n) is 15.9. The second-order valence-electron chi connectivity index (χ2n) is 7.73. The van der Waals surface area contributed by atoms with Crippen molar-refractivity contribution in [3.05, 3.63) is 75.3 Å². The molecule has 1 aliphatic heterocycles. The van der Waals surface area contributed by atoms with Gasteiger partial charge in [-0.05, 0) is 72.6 Å². The van der Waals surface area contributed by atoms with Gasteiger partial charge in [0.25, 0.3) is 0 Å². The lowest BCUT2D eigenvalue weighted by Crippen LogP contribution is -2.32. The highest BCUT2D eigenvalue weighted by molar-refractivity contribution is 6.30. The maximum absolute atomic E-state index is 11.3. The Bertz CT molecular complexity index is 889. The van der Waals surface area contributed by atoms with Crippen molar-refractivity contribution in [2.24, 2.45) is 0 Å². The molecule has 27 heavy (non-hydrogen) atoms. The van der Waals surface area contributed by atoms with Gasteiger partial charge >= 0.3 is 0 Å². The average molecular weight is 380 g/mol. The van der Waals surface area contributed by atoms with E-state index in [-0.39, 0.29) is 5.78 Å². The van der Waals surface area contributed by atoms with Gasteiger partial charge in [0.15, 0.2) is 0 Å². The van der Waals surface area contributed by atoms with Crippen LogP contribution in [0, 0.1) is 0 Å². The first kappa shape index (κ1) is 18.5. The Morgan fingerprint density at radius 1 is 0.963 bits per heavy atom. The summed E-state index contributed by atoms with van der Waals surface area (Å²) in [5, 5.41) is 0.822. The van der Waals surface area contributed by atoms with Gasteiger partial charge in [-0.2, -0.15) is 0 Å². The summed E-state index contributed by atoms with van der Waals surface area (Å²) in [6, 6.07) is 15.2. The third-order valence-corrected chi connectivity index (χ3v) is 6.12. The third-order valence-electron chi connectivity index (χ3n) is 5.88. The third kappa shape index (κ3) is 4.02. The first-order chi connectivity index (χ1) is 13.1. The number of hydrogen-bond donors (Lipinski definition) is 0. The van der Waals surface area contributed by atoms with Crippen LogP contribution >= 0.6 is 11.6 Å². The van der Waals surface area contributed by atoms with Gasteiger partial charge in [-0.15, -0.1) is 0 Å². The van der Waals surface area contributed by atoms with Crippen LogP contribution in [0.2, 0.25) is 5.02 Å². The number of carbonyl (C=O) groups excluding carboxylic acids is 1. The van der Waals surface area contributed by atoms with Crippen molar-refractivity contribution >= 4 is 23.0 Å². The van der Waals surface area contributed by atoms with Crippen LogP contribution < -0.4 is 0 Å². The van der Waals surface area contributed by atoms with E-state index in [2.05, 4.69) is 41.3 Å². The van der Waals surface area contributed by atoms with Crippen LogP contribution in [-0.4, -0.2) is 30.3 Å². The predicted molar refractivity (Wildman–Crippen MR) is 112 cm³/mol. The smallest absolute Gasteiger partial charge is 0.131 e. The molecule has 0 spiro atoms. The molecule has 2 aliphatic rings. The molecule has 2 aromatic rings. The van der Waals surface area contributed by atoms with Crippen molar-refractivity contribution in [1.82, 2.24) is 4.90 Å². The van der Waals surface area contributed by atoms with Crippen molar-refractivity contribution in [2.45, 2.75) is 39.0 Å².